The molecule has 0 aromatic carbocycles. The molecule has 2 saturated heterocycles. The van der Waals surface area contributed by atoms with Gasteiger partial charge in [0.25, 0.3) is 0 Å². The van der Waals surface area contributed by atoms with Gasteiger partial charge in [0.15, 0.2) is 0 Å². The van der Waals surface area contributed by atoms with Gasteiger partial charge in [-0.1, -0.05) is 6.42 Å². The van der Waals surface area contributed by atoms with Crippen molar-refractivity contribution in [2.24, 2.45) is 5.41 Å². The number of rotatable bonds is 4. The maximum absolute atomic E-state index is 12.4. The number of nitrogens with one attached hydrogen (secondary N) is 1. The second-order valence-corrected chi connectivity index (χ2v) is 5.96. The summed E-state index contributed by atoms with van der Waals surface area (Å²) in [6.07, 6.45) is 2.72. The van der Waals surface area contributed by atoms with Crippen LogP contribution in [-0.4, -0.2) is 67.0 Å². The van der Waals surface area contributed by atoms with Gasteiger partial charge >= 0.3 is 6.03 Å². The molecular weight excluding hydrogens is 274 g/mol. The number of hydrogen-bond donors (Lipinski definition) is 1. The minimum absolute atomic E-state index is 0.301. The average molecular weight is 295 g/mol. The quantitative estimate of drug-likeness (QED) is 0.736. The predicted octanol–water partition coefficient (Wildman–Crippen LogP) is -0.0426. The molecule has 0 aromatic rings. The summed E-state index contributed by atoms with van der Waals surface area (Å²) in [5, 5.41) is 2.33. The van der Waals surface area contributed by atoms with Crippen LogP contribution in [0.2, 0.25) is 0 Å². The van der Waals surface area contributed by atoms with Gasteiger partial charge in [0.1, 0.15) is 5.41 Å². The van der Waals surface area contributed by atoms with Crippen LogP contribution in [0.4, 0.5) is 4.79 Å². The van der Waals surface area contributed by atoms with E-state index in [-0.39, 0.29) is 5.91 Å². The van der Waals surface area contributed by atoms with E-state index in [9.17, 15) is 14.4 Å². The molecule has 0 bridgehead atoms. The van der Waals surface area contributed by atoms with Crippen LogP contribution in [-0.2, 0) is 14.3 Å². The van der Waals surface area contributed by atoms with Gasteiger partial charge in [-0.05, 0) is 19.3 Å². The van der Waals surface area contributed by atoms with Gasteiger partial charge < -0.3 is 4.74 Å². The summed E-state index contributed by atoms with van der Waals surface area (Å²) in [5.41, 5.74) is -0.952. The van der Waals surface area contributed by atoms with Crippen molar-refractivity contribution in [2.75, 3.05) is 39.4 Å². The number of nitrogens with zero attached hydrogens (tertiary/aromatic N) is 2. The van der Waals surface area contributed by atoms with Crippen molar-refractivity contribution in [1.82, 2.24) is 15.1 Å². The maximum atomic E-state index is 12.4. The van der Waals surface area contributed by atoms with Gasteiger partial charge in [-0.3, -0.25) is 24.7 Å². The number of amides is 4. The Balaban J connectivity index is 1.55. The van der Waals surface area contributed by atoms with E-state index in [2.05, 4.69) is 10.2 Å². The van der Waals surface area contributed by atoms with Gasteiger partial charge in [0, 0.05) is 26.2 Å². The summed E-state index contributed by atoms with van der Waals surface area (Å²) in [6.45, 7) is 4.46. The lowest BCUT2D eigenvalue weighted by Gasteiger charge is -2.44. The largest absolute Gasteiger partial charge is 0.379 e. The molecule has 0 radical (unpaired) electrons. The summed E-state index contributed by atoms with van der Waals surface area (Å²) in [5.74, 6) is -0.711. The van der Waals surface area contributed by atoms with E-state index in [1.54, 1.807) is 0 Å². The molecule has 1 spiro atoms. The highest BCUT2D eigenvalue weighted by Gasteiger charge is 2.57. The number of carbonyl (C=O) groups excluding carboxylic acids is 3. The first-order valence-corrected chi connectivity index (χ1v) is 7.61. The lowest BCUT2D eigenvalue weighted by Crippen LogP contribution is -2.66. The van der Waals surface area contributed by atoms with Crippen molar-refractivity contribution in [1.29, 1.82) is 0 Å². The van der Waals surface area contributed by atoms with Gasteiger partial charge in [-0.2, -0.15) is 0 Å². The minimum atomic E-state index is -0.952. The monoisotopic (exact) mass is 295 g/mol. The number of barbiturate groups is 1. The fourth-order valence-corrected chi connectivity index (χ4v) is 3.18. The standard InChI is InChI=1S/C14H21N3O4/c18-11-14(3-1-4-14)12(19)17(13(20)15-11)6-2-5-16-7-9-21-10-8-16/h1-10H2,(H,15,18,20). The van der Waals surface area contributed by atoms with E-state index in [0.29, 0.717) is 19.4 Å². The molecule has 3 rings (SSSR count). The molecule has 7 heteroatoms. The molecule has 1 saturated carbocycles. The molecule has 1 aliphatic carbocycles. The van der Waals surface area contributed by atoms with Crippen LogP contribution in [0.5, 0.6) is 0 Å². The van der Waals surface area contributed by atoms with Crippen LogP contribution in [0.15, 0.2) is 0 Å². The van der Waals surface area contributed by atoms with E-state index in [4.69, 9.17) is 4.74 Å². The molecule has 1 N–H and O–H groups in total. The Labute approximate surface area is 123 Å². The Morgan fingerprint density at radius 1 is 1.10 bits per heavy atom. The van der Waals surface area contributed by atoms with E-state index in [1.807, 2.05) is 0 Å². The lowest BCUT2D eigenvalue weighted by molar-refractivity contribution is -0.157. The third-order valence-corrected chi connectivity index (χ3v) is 4.72. The van der Waals surface area contributed by atoms with Crippen molar-refractivity contribution >= 4 is 17.8 Å². The zero-order valence-corrected chi connectivity index (χ0v) is 12.1. The molecule has 0 unspecified atom stereocenters. The van der Waals surface area contributed by atoms with Crippen LogP contribution in [0.1, 0.15) is 25.7 Å². The van der Waals surface area contributed by atoms with Gasteiger partial charge in [-0.15, -0.1) is 0 Å². The predicted molar refractivity (Wildman–Crippen MR) is 73.4 cm³/mol. The highest BCUT2D eigenvalue weighted by atomic mass is 16.5. The number of carbonyl (C=O) groups is 3. The molecule has 4 amide bonds. The SMILES string of the molecule is O=C1NC(=O)C2(CCC2)C(=O)N1CCCN1CCOCC1. The Bertz CT molecular complexity index is 455. The molecule has 21 heavy (non-hydrogen) atoms. The van der Waals surface area contributed by atoms with E-state index >= 15 is 0 Å². The highest BCUT2D eigenvalue weighted by Crippen LogP contribution is 2.44. The van der Waals surface area contributed by atoms with E-state index in [0.717, 1.165) is 45.7 Å². The fraction of sp³-hybridized carbons (Fsp3) is 0.786. The minimum Gasteiger partial charge on any atom is -0.379 e. The normalized spacial score (nSPS) is 25.9. The van der Waals surface area contributed by atoms with Crippen molar-refractivity contribution in [2.45, 2.75) is 25.7 Å². The van der Waals surface area contributed by atoms with Crippen LogP contribution >= 0.6 is 0 Å². The van der Waals surface area contributed by atoms with E-state index in [1.165, 1.54) is 4.90 Å². The molecule has 3 aliphatic rings. The number of morpholine rings is 1. The van der Waals surface area contributed by atoms with Gasteiger partial charge in [-0.25, -0.2) is 4.79 Å². The Hall–Kier alpha value is -1.47. The van der Waals surface area contributed by atoms with Crippen molar-refractivity contribution in [3.8, 4) is 0 Å². The molecule has 2 heterocycles. The third kappa shape index (κ3) is 2.55. The smallest absolute Gasteiger partial charge is 0.330 e. The second-order valence-electron chi connectivity index (χ2n) is 5.96. The molecule has 116 valence electrons. The molecule has 0 atom stereocenters. The van der Waals surface area contributed by atoms with Crippen LogP contribution < -0.4 is 5.32 Å². The fourth-order valence-electron chi connectivity index (χ4n) is 3.18. The average Bonchev–Trinajstić information content (AvgIpc) is 2.42. The Kier molecular flexibility index (Phi) is 3.95. The summed E-state index contributed by atoms with van der Waals surface area (Å²) in [4.78, 5) is 39.7. The Morgan fingerprint density at radius 2 is 1.81 bits per heavy atom. The summed E-state index contributed by atoms with van der Waals surface area (Å²) >= 11 is 0. The zero-order chi connectivity index (χ0) is 14.9. The van der Waals surface area contributed by atoms with Crippen LogP contribution in [0.3, 0.4) is 0 Å². The van der Waals surface area contributed by atoms with E-state index < -0.39 is 17.4 Å². The molecule has 7 nitrogen and oxygen atoms in total. The highest BCUT2D eigenvalue weighted by molar-refractivity contribution is 6.19. The van der Waals surface area contributed by atoms with Crippen molar-refractivity contribution in [3.63, 3.8) is 0 Å². The summed E-state index contributed by atoms with van der Waals surface area (Å²) in [7, 11) is 0. The van der Waals surface area contributed by atoms with Crippen LogP contribution in [0, 0.1) is 5.41 Å². The first-order valence-electron chi connectivity index (χ1n) is 7.61. The second kappa shape index (κ2) is 5.73. The number of ether oxygens (including phenoxy) is 1. The Morgan fingerprint density at radius 3 is 2.43 bits per heavy atom. The summed E-state index contributed by atoms with van der Waals surface area (Å²) < 4.78 is 5.28. The third-order valence-electron chi connectivity index (χ3n) is 4.72. The summed E-state index contributed by atoms with van der Waals surface area (Å²) in [6, 6.07) is -0.565. The molecule has 0 aromatic heterocycles. The topological polar surface area (TPSA) is 79.0 Å². The molecule has 3 fully saturated rings. The lowest BCUT2D eigenvalue weighted by atomic mass is 9.66. The zero-order valence-electron chi connectivity index (χ0n) is 12.1. The number of urea groups is 1. The van der Waals surface area contributed by atoms with Crippen molar-refractivity contribution < 1.29 is 19.1 Å². The van der Waals surface area contributed by atoms with Gasteiger partial charge in [0.2, 0.25) is 11.8 Å². The maximum Gasteiger partial charge on any atom is 0.330 e. The first kappa shape index (κ1) is 14.5. The van der Waals surface area contributed by atoms with Crippen LogP contribution in [0.25, 0.3) is 0 Å². The molecule has 2 aliphatic heterocycles. The van der Waals surface area contributed by atoms with Crippen molar-refractivity contribution in [3.05, 3.63) is 0 Å². The number of hydrogen-bond acceptors (Lipinski definition) is 5. The number of imide groups is 2. The first-order chi connectivity index (χ1) is 10.1. The van der Waals surface area contributed by atoms with Gasteiger partial charge in [0.05, 0.1) is 13.2 Å². The molecular formula is C14H21N3O4.